The Morgan fingerprint density at radius 2 is 2.05 bits per heavy atom. The minimum absolute atomic E-state index is 0.204. The third kappa shape index (κ3) is 2.51. The van der Waals surface area contributed by atoms with Crippen molar-refractivity contribution in [1.82, 2.24) is 10.2 Å². The molecule has 2 aliphatic heterocycles. The lowest BCUT2D eigenvalue weighted by Gasteiger charge is -2.38. The number of carbonyl (C=O) groups is 1. The van der Waals surface area contributed by atoms with Gasteiger partial charge in [-0.2, -0.15) is 0 Å². The van der Waals surface area contributed by atoms with Crippen molar-refractivity contribution >= 4 is 5.91 Å². The van der Waals surface area contributed by atoms with Crippen molar-refractivity contribution in [2.24, 2.45) is 17.3 Å². The van der Waals surface area contributed by atoms with E-state index in [1.165, 1.54) is 12.8 Å². The van der Waals surface area contributed by atoms with Crippen molar-refractivity contribution in [3.63, 3.8) is 0 Å². The predicted octanol–water partition coefficient (Wildman–Crippen LogP) is 1.43. The van der Waals surface area contributed by atoms with Crippen molar-refractivity contribution in [2.75, 3.05) is 39.9 Å². The van der Waals surface area contributed by atoms with Gasteiger partial charge < -0.3 is 15.0 Å². The highest BCUT2D eigenvalue weighted by Crippen LogP contribution is 2.44. The van der Waals surface area contributed by atoms with Gasteiger partial charge in [-0.1, -0.05) is 12.2 Å². The number of amides is 1. The molecule has 1 unspecified atom stereocenters. The molecular weight excluding hydrogens is 252 g/mol. The minimum Gasteiger partial charge on any atom is -0.384 e. The second-order valence-corrected chi connectivity index (χ2v) is 6.62. The zero-order chi connectivity index (χ0) is 14.0. The third-order valence-corrected chi connectivity index (χ3v) is 5.45. The fourth-order valence-electron chi connectivity index (χ4n) is 4.20. The summed E-state index contributed by atoms with van der Waals surface area (Å²) in [5.41, 5.74) is 0.295. The standard InChI is InChI=1S/C16H26N2O2/c1-20-11-14-10-18(15(19)13-4-2-3-5-13)12-16(14)6-8-17-9-7-16/h2-3,13-14,17H,4-12H2,1H3. The maximum atomic E-state index is 12.7. The first-order valence-electron chi connectivity index (χ1n) is 7.89. The molecule has 0 bridgehead atoms. The molecule has 3 aliphatic rings. The van der Waals surface area contributed by atoms with Crippen LogP contribution in [0, 0.1) is 17.3 Å². The van der Waals surface area contributed by atoms with Crippen LogP contribution in [0.25, 0.3) is 0 Å². The van der Waals surface area contributed by atoms with Crippen molar-refractivity contribution in [3.8, 4) is 0 Å². The maximum Gasteiger partial charge on any atom is 0.226 e. The molecule has 3 rings (SSSR count). The van der Waals surface area contributed by atoms with E-state index < -0.39 is 0 Å². The first kappa shape index (κ1) is 14.1. The van der Waals surface area contributed by atoms with Gasteiger partial charge in [-0.15, -0.1) is 0 Å². The molecule has 1 atom stereocenters. The summed E-state index contributed by atoms with van der Waals surface area (Å²) in [7, 11) is 1.78. The molecule has 0 aromatic rings. The molecule has 0 radical (unpaired) electrons. The normalized spacial score (nSPS) is 29.4. The number of likely N-dealkylation sites (tertiary alicyclic amines) is 1. The number of hydrogen-bond acceptors (Lipinski definition) is 3. The highest BCUT2D eigenvalue weighted by molar-refractivity contribution is 5.80. The molecule has 1 amide bonds. The molecular formula is C16H26N2O2. The van der Waals surface area contributed by atoms with Crippen LogP contribution in [0.15, 0.2) is 12.2 Å². The van der Waals surface area contributed by atoms with E-state index >= 15 is 0 Å². The van der Waals surface area contributed by atoms with E-state index in [1.54, 1.807) is 7.11 Å². The van der Waals surface area contributed by atoms with Crippen LogP contribution in [0.3, 0.4) is 0 Å². The van der Waals surface area contributed by atoms with E-state index in [1.807, 2.05) is 0 Å². The molecule has 1 spiro atoms. The second-order valence-electron chi connectivity index (χ2n) is 6.62. The van der Waals surface area contributed by atoms with Crippen molar-refractivity contribution in [1.29, 1.82) is 0 Å². The van der Waals surface area contributed by atoms with Crippen LogP contribution in [-0.2, 0) is 9.53 Å². The zero-order valence-electron chi connectivity index (χ0n) is 12.4. The average molecular weight is 278 g/mol. The van der Waals surface area contributed by atoms with Gasteiger partial charge >= 0.3 is 0 Å². The molecule has 2 fully saturated rings. The largest absolute Gasteiger partial charge is 0.384 e. The highest BCUT2D eigenvalue weighted by Gasteiger charge is 2.48. The summed E-state index contributed by atoms with van der Waals surface area (Å²) in [6, 6.07) is 0. The van der Waals surface area contributed by atoms with Crippen LogP contribution in [-0.4, -0.2) is 50.7 Å². The van der Waals surface area contributed by atoms with Crippen LogP contribution in [0.4, 0.5) is 0 Å². The maximum absolute atomic E-state index is 12.7. The van der Waals surface area contributed by atoms with Crippen LogP contribution < -0.4 is 5.32 Å². The summed E-state index contributed by atoms with van der Waals surface area (Å²) in [5, 5.41) is 3.44. The Labute approximate surface area is 121 Å². The first-order valence-corrected chi connectivity index (χ1v) is 7.89. The van der Waals surface area contributed by atoms with Crippen LogP contribution in [0.2, 0.25) is 0 Å². The smallest absolute Gasteiger partial charge is 0.226 e. The number of methoxy groups -OCH3 is 1. The summed E-state index contributed by atoms with van der Waals surface area (Å²) in [4.78, 5) is 14.8. The Morgan fingerprint density at radius 3 is 2.70 bits per heavy atom. The van der Waals surface area contributed by atoms with Crippen molar-refractivity contribution in [3.05, 3.63) is 12.2 Å². The monoisotopic (exact) mass is 278 g/mol. The number of rotatable bonds is 3. The summed E-state index contributed by atoms with van der Waals surface area (Å²) in [6.45, 7) is 4.77. The Balaban J connectivity index is 1.70. The summed E-state index contributed by atoms with van der Waals surface area (Å²) < 4.78 is 5.44. The number of carbonyl (C=O) groups excluding carboxylic acids is 1. The number of hydrogen-bond donors (Lipinski definition) is 1. The first-order chi connectivity index (χ1) is 9.75. The molecule has 1 N–H and O–H groups in total. The highest BCUT2D eigenvalue weighted by atomic mass is 16.5. The van der Waals surface area contributed by atoms with E-state index in [9.17, 15) is 4.79 Å². The molecule has 1 aliphatic carbocycles. The van der Waals surface area contributed by atoms with Gasteiger partial charge in [0.2, 0.25) is 5.91 Å². The summed E-state index contributed by atoms with van der Waals surface area (Å²) in [5.74, 6) is 1.08. The Bertz CT molecular complexity index is 380. The van der Waals surface area contributed by atoms with E-state index in [0.717, 1.165) is 45.6 Å². The Morgan fingerprint density at radius 1 is 1.35 bits per heavy atom. The molecule has 0 aromatic carbocycles. The number of ether oxygens (including phenoxy) is 1. The van der Waals surface area contributed by atoms with Gasteiger partial charge in [0.25, 0.3) is 0 Å². The SMILES string of the molecule is COCC1CN(C(=O)C2CC=CC2)CC12CCNCC2. The Kier molecular flexibility index (Phi) is 4.13. The van der Waals surface area contributed by atoms with Gasteiger partial charge in [-0.25, -0.2) is 0 Å². The lowest BCUT2D eigenvalue weighted by Crippen LogP contribution is -2.43. The van der Waals surface area contributed by atoms with Gasteiger partial charge in [0, 0.05) is 32.0 Å². The number of piperidine rings is 1. The van der Waals surface area contributed by atoms with E-state index in [4.69, 9.17) is 4.74 Å². The van der Waals surface area contributed by atoms with E-state index in [2.05, 4.69) is 22.4 Å². The molecule has 2 heterocycles. The summed E-state index contributed by atoms with van der Waals surface area (Å²) in [6.07, 6.45) is 8.50. The van der Waals surface area contributed by atoms with Gasteiger partial charge in [-0.05, 0) is 44.2 Å². The van der Waals surface area contributed by atoms with Crippen LogP contribution >= 0.6 is 0 Å². The van der Waals surface area contributed by atoms with Crippen LogP contribution in [0.1, 0.15) is 25.7 Å². The zero-order valence-corrected chi connectivity index (χ0v) is 12.4. The molecule has 0 aromatic heterocycles. The topological polar surface area (TPSA) is 41.6 Å². The minimum atomic E-state index is 0.204. The quantitative estimate of drug-likeness (QED) is 0.794. The molecule has 20 heavy (non-hydrogen) atoms. The van der Waals surface area contributed by atoms with Crippen LogP contribution in [0.5, 0.6) is 0 Å². The van der Waals surface area contributed by atoms with Gasteiger partial charge in [-0.3, -0.25) is 4.79 Å². The lowest BCUT2D eigenvalue weighted by atomic mass is 9.71. The van der Waals surface area contributed by atoms with Gasteiger partial charge in [0.1, 0.15) is 0 Å². The van der Waals surface area contributed by atoms with Gasteiger partial charge in [0.15, 0.2) is 0 Å². The number of nitrogens with one attached hydrogen (secondary N) is 1. The Hall–Kier alpha value is -0.870. The van der Waals surface area contributed by atoms with Crippen molar-refractivity contribution < 1.29 is 9.53 Å². The molecule has 2 saturated heterocycles. The molecule has 0 saturated carbocycles. The predicted molar refractivity (Wildman–Crippen MR) is 78.3 cm³/mol. The van der Waals surface area contributed by atoms with Gasteiger partial charge in [0.05, 0.1) is 6.61 Å². The second kappa shape index (κ2) is 5.86. The fraction of sp³-hybridized carbons (Fsp3) is 0.812. The van der Waals surface area contributed by atoms with Crippen molar-refractivity contribution in [2.45, 2.75) is 25.7 Å². The van der Waals surface area contributed by atoms with E-state index in [-0.39, 0.29) is 5.92 Å². The molecule has 112 valence electrons. The third-order valence-electron chi connectivity index (χ3n) is 5.45. The lowest BCUT2D eigenvalue weighted by molar-refractivity contribution is -0.134. The number of allylic oxidation sites excluding steroid dienone is 2. The number of nitrogens with zero attached hydrogens (tertiary/aromatic N) is 1. The average Bonchev–Trinajstić information content (AvgIpc) is 3.09. The van der Waals surface area contributed by atoms with E-state index in [0.29, 0.717) is 17.2 Å². The summed E-state index contributed by atoms with van der Waals surface area (Å²) >= 11 is 0. The molecule has 4 heteroatoms. The fourth-order valence-corrected chi connectivity index (χ4v) is 4.20. The molecule has 4 nitrogen and oxygen atoms in total.